The van der Waals surface area contributed by atoms with Crippen LogP contribution in [0, 0.1) is 5.82 Å². The molecule has 0 unspecified atom stereocenters. The Kier molecular flexibility index (Phi) is 4.62. The van der Waals surface area contributed by atoms with Crippen molar-refractivity contribution in [2.75, 3.05) is 17.6 Å². The maximum Gasteiger partial charge on any atom is 0.389 e. The first kappa shape index (κ1) is 14.1. The van der Waals surface area contributed by atoms with Crippen molar-refractivity contribution in [3.63, 3.8) is 0 Å². The van der Waals surface area contributed by atoms with Crippen LogP contribution in [-0.2, 0) is 0 Å². The van der Waals surface area contributed by atoms with Crippen LogP contribution in [0.3, 0.4) is 0 Å². The van der Waals surface area contributed by atoms with E-state index >= 15 is 0 Å². The molecule has 0 heterocycles. The fraction of sp³-hybridized carbons (Fsp3) is 0.400. The lowest BCUT2D eigenvalue weighted by Gasteiger charge is -2.11. The van der Waals surface area contributed by atoms with E-state index in [0.29, 0.717) is 5.69 Å². The van der Waals surface area contributed by atoms with Gasteiger partial charge < -0.3 is 11.1 Å². The lowest BCUT2D eigenvalue weighted by Crippen LogP contribution is -2.11. The molecule has 1 aromatic carbocycles. The molecule has 0 aromatic heterocycles. The normalized spacial score (nSPS) is 11.6. The summed E-state index contributed by atoms with van der Waals surface area (Å²) in [4.78, 5) is 0. The van der Waals surface area contributed by atoms with E-state index in [9.17, 15) is 17.6 Å². The number of nitrogen functional groups attached to an aromatic ring is 1. The topological polar surface area (TPSA) is 38.0 Å². The van der Waals surface area contributed by atoms with Crippen LogP contribution in [0.5, 0.6) is 0 Å². The molecule has 17 heavy (non-hydrogen) atoms. The molecule has 7 heteroatoms. The summed E-state index contributed by atoms with van der Waals surface area (Å²) in [6.07, 6.45) is -5.07. The van der Waals surface area contributed by atoms with Crippen LogP contribution >= 0.6 is 15.9 Å². The molecule has 0 radical (unpaired) electrons. The molecule has 1 rings (SSSR count). The number of anilines is 2. The fourth-order valence-electron chi connectivity index (χ4n) is 1.23. The Morgan fingerprint density at radius 1 is 1.29 bits per heavy atom. The third kappa shape index (κ3) is 4.80. The number of hydrogen-bond donors (Lipinski definition) is 2. The predicted octanol–water partition coefficient (Wildman–Crippen LogP) is 3.92. The number of hydrogen-bond acceptors (Lipinski definition) is 2. The van der Waals surface area contributed by atoms with Gasteiger partial charge in [-0.3, -0.25) is 0 Å². The van der Waals surface area contributed by atoms with Crippen LogP contribution in [0.2, 0.25) is 0 Å². The molecule has 0 fully saturated rings. The Morgan fingerprint density at radius 2 is 1.94 bits per heavy atom. The average molecular weight is 315 g/mol. The lowest BCUT2D eigenvalue weighted by molar-refractivity contribution is -0.134. The highest BCUT2D eigenvalue weighted by atomic mass is 79.9. The van der Waals surface area contributed by atoms with E-state index < -0.39 is 18.4 Å². The first-order valence-electron chi connectivity index (χ1n) is 4.85. The van der Waals surface area contributed by atoms with Crippen molar-refractivity contribution in [3.05, 3.63) is 22.4 Å². The van der Waals surface area contributed by atoms with Gasteiger partial charge in [-0.05, 0) is 28.4 Å². The fourth-order valence-corrected chi connectivity index (χ4v) is 1.57. The highest BCUT2D eigenvalue weighted by Gasteiger charge is 2.25. The van der Waals surface area contributed by atoms with Crippen molar-refractivity contribution in [1.29, 1.82) is 0 Å². The van der Waals surface area contributed by atoms with Gasteiger partial charge in [0.25, 0.3) is 0 Å². The van der Waals surface area contributed by atoms with Crippen LogP contribution < -0.4 is 11.1 Å². The van der Waals surface area contributed by atoms with Crippen molar-refractivity contribution >= 4 is 27.3 Å². The van der Waals surface area contributed by atoms with E-state index in [2.05, 4.69) is 21.2 Å². The second kappa shape index (κ2) is 5.57. The van der Waals surface area contributed by atoms with Crippen molar-refractivity contribution in [3.8, 4) is 0 Å². The third-order valence-electron chi connectivity index (χ3n) is 2.04. The van der Waals surface area contributed by atoms with Crippen molar-refractivity contribution in [2.24, 2.45) is 0 Å². The van der Waals surface area contributed by atoms with E-state index in [4.69, 9.17) is 5.73 Å². The van der Waals surface area contributed by atoms with Crippen molar-refractivity contribution in [2.45, 2.75) is 19.0 Å². The summed E-state index contributed by atoms with van der Waals surface area (Å²) in [5.41, 5.74) is 6.09. The van der Waals surface area contributed by atoms with E-state index in [1.165, 1.54) is 6.07 Å². The molecule has 0 atom stereocenters. The Labute approximate surface area is 104 Å². The average Bonchev–Trinajstić information content (AvgIpc) is 2.18. The highest BCUT2D eigenvalue weighted by molar-refractivity contribution is 9.10. The Morgan fingerprint density at radius 3 is 2.53 bits per heavy atom. The number of benzene rings is 1. The van der Waals surface area contributed by atoms with Gasteiger partial charge in [-0.15, -0.1) is 0 Å². The number of rotatable bonds is 4. The summed E-state index contributed by atoms with van der Waals surface area (Å²) in [5.74, 6) is -0.511. The first-order chi connectivity index (χ1) is 7.79. The summed E-state index contributed by atoms with van der Waals surface area (Å²) in [6, 6.07) is 2.51. The number of alkyl halides is 3. The SMILES string of the molecule is Nc1cc(F)c(Br)cc1NCCCC(F)(F)F. The standard InChI is InChI=1S/C10H11BrF4N2/c11-6-4-9(8(16)5-7(6)12)17-3-1-2-10(13,14)15/h4-5,17H,1-3,16H2. The van der Waals surface area contributed by atoms with Gasteiger partial charge in [0.2, 0.25) is 0 Å². The molecule has 3 N–H and O–H groups in total. The molecule has 0 saturated heterocycles. The van der Waals surface area contributed by atoms with E-state index in [1.54, 1.807) is 0 Å². The quantitative estimate of drug-likeness (QED) is 0.502. The zero-order chi connectivity index (χ0) is 13.1. The molecule has 0 saturated carbocycles. The van der Waals surface area contributed by atoms with Crippen LogP contribution in [0.25, 0.3) is 0 Å². The zero-order valence-corrected chi connectivity index (χ0v) is 10.3. The van der Waals surface area contributed by atoms with E-state index in [-0.39, 0.29) is 23.1 Å². The third-order valence-corrected chi connectivity index (χ3v) is 2.65. The second-order valence-corrected chi connectivity index (χ2v) is 4.35. The summed E-state index contributed by atoms with van der Waals surface area (Å²) in [6.45, 7) is 0.127. The molecular weight excluding hydrogens is 304 g/mol. The van der Waals surface area contributed by atoms with Crippen LogP contribution in [-0.4, -0.2) is 12.7 Å². The van der Waals surface area contributed by atoms with Crippen LogP contribution in [0.15, 0.2) is 16.6 Å². The first-order valence-corrected chi connectivity index (χ1v) is 5.64. The van der Waals surface area contributed by atoms with E-state index in [0.717, 1.165) is 6.07 Å². The second-order valence-electron chi connectivity index (χ2n) is 3.50. The molecule has 1 aromatic rings. The smallest absolute Gasteiger partial charge is 0.389 e. The minimum atomic E-state index is -4.16. The maximum absolute atomic E-state index is 13.0. The molecular formula is C10H11BrF4N2. The summed E-state index contributed by atoms with van der Waals surface area (Å²) >= 11 is 2.97. The monoisotopic (exact) mass is 314 g/mol. The van der Waals surface area contributed by atoms with Gasteiger partial charge >= 0.3 is 6.18 Å². The van der Waals surface area contributed by atoms with Crippen LogP contribution in [0.1, 0.15) is 12.8 Å². The molecule has 0 aliphatic carbocycles. The van der Waals surface area contributed by atoms with Gasteiger partial charge in [-0.1, -0.05) is 0 Å². The van der Waals surface area contributed by atoms with Gasteiger partial charge in [0.15, 0.2) is 0 Å². The number of nitrogens with one attached hydrogen (secondary N) is 1. The number of nitrogens with two attached hydrogens (primary N) is 1. The molecule has 0 bridgehead atoms. The predicted molar refractivity (Wildman–Crippen MR) is 62.3 cm³/mol. The minimum absolute atomic E-state index is 0.0576. The Balaban J connectivity index is 2.50. The molecule has 2 nitrogen and oxygen atoms in total. The molecule has 0 aliphatic heterocycles. The number of halogens is 5. The van der Waals surface area contributed by atoms with Gasteiger partial charge in [0.1, 0.15) is 5.82 Å². The van der Waals surface area contributed by atoms with Gasteiger partial charge in [0, 0.05) is 19.0 Å². The van der Waals surface area contributed by atoms with Gasteiger partial charge in [-0.2, -0.15) is 13.2 Å². The van der Waals surface area contributed by atoms with Gasteiger partial charge in [0.05, 0.1) is 15.8 Å². The molecule has 0 amide bonds. The highest BCUT2D eigenvalue weighted by Crippen LogP contribution is 2.27. The summed E-state index contributed by atoms with van der Waals surface area (Å²) in [7, 11) is 0. The lowest BCUT2D eigenvalue weighted by atomic mass is 10.2. The minimum Gasteiger partial charge on any atom is -0.397 e. The van der Waals surface area contributed by atoms with Crippen LogP contribution in [0.4, 0.5) is 28.9 Å². The van der Waals surface area contributed by atoms with E-state index in [1.807, 2.05) is 0 Å². The zero-order valence-electron chi connectivity index (χ0n) is 8.74. The Bertz CT molecular complexity index is 393. The molecule has 0 spiro atoms. The van der Waals surface area contributed by atoms with Crippen molar-refractivity contribution in [1.82, 2.24) is 0 Å². The molecule has 0 aliphatic rings. The largest absolute Gasteiger partial charge is 0.397 e. The van der Waals surface area contributed by atoms with Crippen molar-refractivity contribution < 1.29 is 17.6 Å². The maximum atomic E-state index is 13.0. The molecule has 96 valence electrons. The van der Waals surface area contributed by atoms with Gasteiger partial charge in [-0.25, -0.2) is 4.39 Å². The summed E-state index contributed by atoms with van der Waals surface area (Å²) in [5, 5.41) is 2.73. The Hall–Kier alpha value is -0.980. The summed E-state index contributed by atoms with van der Waals surface area (Å²) < 4.78 is 48.8.